The summed E-state index contributed by atoms with van der Waals surface area (Å²) in [4.78, 5) is 29.7. The summed E-state index contributed by atoms with van der Waals surface area (Å²) in [7, 11) is 0. The number of anilines is 2. The van der Waals surface area contributed by atoms with Gasteiger partial charge < -0.3 is 15.3 Å². The molecule has 7 heteroatoms. The molecule has 0 aromatic heterocycles. The molecular weight excluding hydrogens is 421 g/mol. The van der Waals surface area contributed by atoms with Gasteiger partial charge in [0.15, 0.2) is 0 Å². The lowest BCUT2D eigenvalue weighted by molar-refractivity contribution is -0.149. The minimum Gasteiger partial charge on any atom is -0.394 e. The van der Waals surface area contributed by atoms with Crippen LogP contribution in [0.25, 0.3) is 0 Å². The zero-order valence-electron chi connectivity index (χ0n) is 17.9. The third kappa shape index (κ3) is 3.85. The third-order valence-corrected chi connectivity index (χ3v) is 6.51. The highest BCUT2D eigenvalue weighted by Gasteiger charge is 2.55. The molecule has 0 bridgehead atoms. The minimum absolute atomic E-state index is 0.0409. The summed E-state index contributed by atoms with van der Waals surface area (Å²) >= 11 is 0. The lowest BCUT2D eigenvalue weighted by Crippen LogP contribution is -2.71. The van der Waals surface area contributed by atoms with Crippen molar-refractivity contribution in [2.75, 3.05) is 23.4 Å². The molecule has 0 aliphatic carbocycles. The molecule has 6 nitrogen and oxygen atoms in total. The van der Waals surface area contributed by atoms with E-state index in [1.54, 1.807) is 9.80 Å². The van der Waals surface area contributed by atoms with Crippen molar-refractivity contribution in [3.05, 3.63) is 95.8 Å². The second-order valence-electron chi connectivity index (χ2n) is 8.41. The highest BCUT2D eigenvalue weighted by atomic mass is 19.1. The maximum Gasteiger partial charge on any atom is 0.326 e. The second-order valence-corrected chi connectivity index (χ2v) is 8.41. The molecule has 2 aliphatic heterocycles. The predicted molar refractivity (Wildman–Crippen MR) is 124 cm³/mol. The number of hydrogen-bond acceptors (Lipinski definition) is 3. The molecule has 3 amide bonds. The van der Waals surface area contributed by atoms with Gasteiger partial charge in [0.1, 0.15) is 5.82 Å². The predicted octanol–water partition coefficient (Wildman–Crippen LogP) is 3.78. The molecule has 2 N–H and O–H groups in total. The van der Waals surface area contributed by atoms with Gasteiger partial charge >= 0.3 is 6.03 Å². The number of urea groups is 1. The van der Waals surface area contributed by atoms with Crippen molar-refractivity contribution in [1.29, 1.82) is 0 Å². The number of fused-ring (bicyclic) bond motifs is 3. The summed E-state index contributed by atoms with van der Waals surface area (Å²) in [6.45, 7) is 0.170. The molecule has 0 unspecified atom stereocenters. The largest absolute Gasteiger partial charge is 0.394 e. The van der Waals surface area contributed by atoms with Crippen molar-refractivity contribution in [2.45, 2.75) is 24.4 Å². The number of aliphatic hydroxyl groups is 1. The van der Waals surface area contributed by atoms with Crippen LogP contribution in [0.5, 0.6) is 0 Å². The van der Waals surface area contributed by atoms with Crippen LogP contribution in [0.3, 0.4) is 0 Å². The summed E-state index contributed by atoms with van der Waals surface area (Å²) in [6, 6.07) is 21.8. The van der Waals surface area contributed by atoms with E-state index in [2.05, 4.69) is 5.32 Å². The van der Waals surface area contributed by atoms with Crippen LogP contribution >= 0.6 is 0 Å². The molecule has 3 atom stereocenters. The number of carbonyl (C=O) groups excluding carboxylic acids is 2. The van der Waals surface area contributed by atoms with Crippen molar-refractivity contribution in [3.8, 4) is 0 Å². The number of likely N-dealkylation sites (tertiary alicyclic amines) is 1. The zero-order valence-corrected chi connectivity index (χ0v) is 17.9. The Hall–Kier alpha value is -3.71. The first-order chi connectivity index (χ1) is 16.1. The van der Waals surface area contributed by atoms with Gasteiger partial charge in [-0.05, 0) is 41.5 Å². The Morgan fingerprint density at radius 1 is 0.970 bits per heavy atom. The zero-order chi connectivity index (χ0) is 22.9. The van der Waals surface area contributed by atoms with Gasteiger partial charge in [0.05, 0.1) is 25.1 Å². The highest BCUT2D eigenvalue weighted by molar-refractivity contribution is 6.03. The van der Waals surface area contributed by atoms with Crippen LogP contribution in [0.4, 0.5) is 20.6 Å². The van der Waals surface area contributed by atoms with Crippen molar-refractivity contribution in [3.63, 3.8) is 0 Å². The van der Waals surface area contributed by atoms with Crippen molar-refractivity contribution in [2.24, 2.45) is 0 Å². The van der Waals surface area contributed by atoms with E-state index in [-0.39, 0.29) is 48.8 Å². The SMILES string of the molecule is O=C(Nc1ccc(F)cc1)N1C[C@@H]2[C@H](c3ccccc31)[C@H](CO)N2C(=O)Cc1ccccc1. The average Bonchev–Trinajstić information content (AvgIpc) is 2.81. The van der Waals surface area contributed by atoms with E-state index in [1.807, 2.05) is 54.6 Å². The number of para-hydroxylation sites is 1. The molecule has 1 fully saturated rings. The van der Waals surface area contributed by atoms with E-state index in [4.69, 9.17) is 0 Å². The van der Waals surface area contributed by atoms with Gasteiger partial charge in [-0.15, -0.1) is 0 Å². The molecule has 0 spiro atoms. The van der Waals surface area contributed by atoms with Crippen molar-refractivity contribution < 1.29 is 19.1 Å². The summed E-state index contributed by atoms with van der Waals surface area (Å²) in [5.74, 6) is -0.489. The first-order valence-corrected chi connectivity index (χ1v) is 11.0. The Kier molecular flexibility index (Phi) is 5.56. The number of amides is 3. The molecule has 2 aliphatic rings. The summed E-state index contributed by atoms with van der Waals surface area (Å²) in [5.41, 5.74) is 3.09. The van der Waals surface area contributed by atoms with Gasteiger partial charge in [0.2, 0.25) is 5.91 Å². The summed E-state index contributed by atoms with van der Waals surface area (Å²) in [5, 5.41) is 12.9. The lowest BCUT2D eigenvalue weighted by atomic mass is 9.71. The first-order valence-electron chi connectivity index (χ1n) is 11.0. The van der Waals surface area contributed by atoms with Gasteiger partial charge in [-0.25, -0.2) is 9.18 Å². The van der Waals surface area contributed by atoms with Crippen LogP contribution in [0.2, 0.25) is 0 Å². The van der Waals surface area contributed by atoms with Crippen molar-refractivity contribution in [1.82, 2.24) is 4.90 Å². The normalized spacial score (nSPS) is 21.0. The van der Waals surface area contributed by atoms with Crippen LogP contribution in [-0.4, -0.2) is 47.2 Å². The molecule has 0 radical (unpaired) electrons. The smallest absolute Gasteiger partial charge is 0.326 e. The van der Waals surface area contributed by atoms with Gasteiger partial charge in [0.25, 0.3) is 0 Å². The van der Waals surface area contributed by atoms with Gasteiger partial charge in [0, 0.05) is 23.8 Å². The number of nitrogens with zero attached hydrogens (tertiary/aromatic N) is 2. The molecule has 3 aromatic rings. The number of hydrogen-bond donors (Lipinski definition) is 2. The minimum atomic E-state index is -0.378. The Morgan fingerprint density at radius 3 is 2.39 bits per heavy atom. The quantitative estimate of drug-likeness (QED) is 0.642. The monoisotopic (exact) mass is 445 g/mol. The van der Waals surface area contributed by atoms with E-state index >= 15 is 0 Å². The maximum atomic E-state index is 13.2. The van der Waals surface area contributed by atoms with E-state index in [9.17, 15) is 19.1 Å². The first kappa shape index (κ1) is 21.2. The van der Waals surface area contributed by atoms with E-state index < -0.39 is 0 Å². The fourth-order valence-electron chi connectivity index (χ4n) is 5.01. The molecular formula is C26H24FN3O3. The highest BCUT2D eigenvalue weighted by Crippen LogP contribution is 2.48. The summed E-state index contributed by atoms with van der Waals surface area (Å²) in [6.07, 6.45) is 0.240. The number of benzene rings is 3. The molecule has 33 heavy (non-hydrogen) atoms. The molecule has 1 saturated heterocycles. The number of nitrogens with one attached hydrogen (secondary N) is 1. The molecule has 2 heterocycles. The van der Waals surface area contributed by atoms with Crippen LogP contribution in [0.1, 0.15) is 17.0 Å². The van der Waals surface area contributed by atoms with Crippen molar-refractivity contribution >= 4 is 23.3 Å². The number of aliphatic hydroxyl groups excluding tert-OH is 1. The Balaban J connectivity index is 1.42. The third-order valence-electron chi connectivity index (χ3n) is 6.51. The topological polar surface area (TPSA) is 72.9 Å². The Bertz CT molecular complexity index is 1170. The molecule has 3 aromatic carbocycles. The molecule has 5 rings (SSSR count). The lowest BCUT2D eigenvalue weighted by Gasteiger charge is -2.58. The number of carbonyl (C=O) groups is 2. The van der Waals surface area contributed by atoms with E-state index in [1.165, 1.54) is 24.3 Å². The number of rotatable bonds is 4. The fourth-order valence-corrected chi connectivity index (χ4v) is 5.01. The van der Waals surface area contributed by atoms with Gasteiger partial charge in [-0.3, -0.25) is 9.69 Å². The van der Waals surface area contributed by atoms with Crippen LogP contribution in [-0.2, 0) is 11.2 Å². The van der Waals surface area contributed by atoms with Crippen LogP contribution in [0, 0.1) is 5.82 Å². The van der Waals surface area contributed by atoms with Gasteiger partial charge in [-0.1, -0.05) is 48.5 Å². The van der Waals surface area contributed by atoms with Crippen LogP contribution in [0.15, 0.2) is 78.9 Å². The fraction of sp³-hybridized carbons (Fsp3) is 0.231. The standard InChI is InChI=1S/C26H24FN3O3/c27-18-10-12-19(13-11-18)28-26(33)29-15-22-25(20-8-4-5-9-21(20)29)23(16-31)30(22)24(32)14-17-6-2-1-3-7-17/h1-13,22-23,25,31H,14-16H2,(H,28,33)/t22-,23+,25+/m1/s1. The second kappa shape index (κ2) is 8.67. The summed E-state index contributed by atoms with van der Waals surface area (Å²) < 4.78 is 13.2. The van der Waals surface area contributed by atoms with E-state index in [0.717, 1.165) is 16.8 Å². The molecule has 0 saturated carbocycles. The molecule has 168 valence electrons. The Labute approximate surface area is 191 Å². The average molecular weight is 445 g/mol. The van der Waals surface area contributed by atoms with Gasteiger partial charge in [-0.2, -0.15) is 0 Å². The Morgan fingerprint density at radius 2 is 1.67 bits per heavy atom. The maximum absolute atomic E-state index is 13.2. The van der Waals surface area contributed by atoms with E-state index in [0.29, 0.717) is 12.2 Å². The van der Waals surface area contributed by atoms with Crippen LogP contribution < -0.4 is 10.2 Å². The number of halogens is 1.